The maximum Gasteiger partial charge on any atom is 0.338 e. The fourth-order valence-electron chi connectivity index (χ4n) is 4.09. The van der Waals surface area contributed by atoms with Crippen molar-refractivity contribution in [3.63, 3.8) is 0 Å². The monoisotopic (exact) mass is 472 g/mol. The normalized spacial score (nSPS) is 21.9. The zero-order chi connectivity index (χ0) is 23.5. The summed E-state index contributed by atoms with van der Waals surface area (Å²) in [5, 5.41) is 16.5. The van der Waals surface area contributed by atoms with Gasteiger partial charge in [-0.2, -0.15) is 0 Å². The van der Waals surface area contributed by atoms with Crippen LogP contribution in [0.3, 0.4) is 0 Å². The van der Waals surface area contributed by atoms with Crippen LogP contribution in [0, 0.1) is 10.1 Å². The second-order valence-corrected chi connectivity index (χ2v) is 8.69. The lowest BCUT2D eigenvalue weighted by Crippen LogP contribution is -2.38. The van der Waals surface area contributed by atoms with E-state index in [2.05, 4.69) is 10.3 Å². The second-order valence-electron chi connectivity index (χ2n) is 7.85. The van der Waals surface area contributed by atoms with Crippen molar-refractivity contribution in [2.75, 3.05) is 20.3 Å². The third kappa shape index (κ3) is 4.79. The Morgan fingerprint density at radius 3 is 2.76 bits per heavy atom. The predicted octanol–water partition coefficient (Wildman–Crippen LogP) is 3.03. The minimum Gasteiger partial charge on any atom is -0.466 e. The van der Waals surface area contributed by atoms with E-state index in [0.29, 0.717) is 34.2 Å². The highest BCUT2D eigenvalue weighted by molar-refractivity contribution is 8.16. The van der Waals surface area contributed by atoms with E-state index in [-0.39, 0.29) is 24.1 Å². The molecule has 1 aromatic carbocycles. The number of amides is 1. The molecule has 1 fully saturated rings. The molecule has 1 saturated heterocycles. The predicted molar refractivity (Wildman–Crippen MR) is 122 cm³/mol. The number of methoxy groups -OCH3 is 1. The standard InChI is InChI=1S/C22H24N4O6S/c1-13-19(21(28)31-2)20(14-5-7-15(8-6-14)26(29)30)25-16(12-33-22(25)24-13)10-18(27)23-11-17-4-3-9-32-17/h5-8,12,17,20H,3-4,9-11H2,1-2H3,(H,23,27)/t17-,20-/m1/s1. The van der Waals surface area contributed by atoms with Crippen LogP contribution in [0.25, 0.3) is 0 Å². The van der Waals surface area contributed by atoms with Gasteiger partial charge in [0.25, 0.3) is 5.69 Å². The number of non-ortho nitro benzene ring substituents is 1. The molecule has 0 unspecified atom stereocenters. The van der Waals surface area contributed by atoms with Crippen LogP contribution in [0.1, 0.15) is 37.8 Å². The van der Waals surface area contributed by atoms with Crippen molar-refractivity contribution in [2.24, 2.45) is 4.99 Å². The number of thioether (sulfide) groups is 1. The van der Waals surface area contributed by atoms with Crippen LogP contribution in [0.2, 0.25) is 0 Å². The quantitative estimate of drug-likeness (QED) is 0.365. The summed E-state index contributed by atoms with van der Waals surface area (Å²) in [5.41, 5.74) is 2.11. The Hall–Kier alpha value is -3.18. The first kappa shape index (κ1) is 23.0. The molecule has 0 bridgehead atoms. The van der Waals surface area contributed by atoms with Gasteiger partial charge in [-0.1, -0.05) is 11.8 Å². The van der Waals surface area contributed by atoms with Gasteiger partial charge in [-0.05, 0) is 42.9 Å². The Bertz CT molecular complexity index is 1060. The number of ether oxygens (including phenoxy) is 2. The lowest BCUT2D eigenvalue weighted by molar-refractivity contribution is -0.384. The summed E-state index contributed by atoms with van der Waals surface area (Å²) in [6, 6.07) is 5.38. The number of hydrogen-bond acceptors (Lipinski definition) is 9. The van der Waals surface area contributed by atoms with Crippen molar-refractivity contribution in [2.45, 2.75) is 38.3 Å². The first-order valence-corrected chi connectivity index (χ1v) is 11.4. The Balaban J connectivity index is 1.61. The number of nitro groups is 1. The largest absolute Gasteiger partial charge is 0.466 e. The molecule has 3 aliphatic rings. The molecule has 4 rings (SSSR count). The molecule has 0 radical (unpaired) electrons. The number of carbonyl (C=O) groups excluding carboxylic acids is 2. The molecule has 1 amide bonds. The van der Waals surface area contributed by atoms with Gasteiger partial charge in [0.2, 0.25) is 5.91 Å². The first-order valence-electron chi connectivity index (χ1n) is 10.5. The summed E-state index contributed by atoms with van der Waals surface area (Å²) in [6.45, 7) is 2.90. The number of nitrogens with zero attached hydrogens (tertiary/aromatic N) is 3. The average molecular weight is 473 g/mol. The van der Waals surface area contributed by atoms with Gasteiger partial charge in [0.05, 0.1) is 41.9 Å². The van der Waals surface area contributed by atoms with Crippen LogP contribution in [0.4, 0.5) is 5.69 Å². The van der Waals surface area contributed by atoms with Crippen molar-refractivity contribution in [1.82, 2.24) is 10.2 Å². The van der Waals surface area contributed by atoms with Crippen molar-refractivity contribution >= 4 is 34.5 Å². The van der Waals surface area contributed by atoms with Crippen molar-refractivity contribution in [1.29, 1.82) is 0 Å². The third-order valence-electron chi connectivity index (χ3n) is 5.72. The summed E-state index contributed by atoms with van der Waals surface area (Å²) < 4.78 is 10.6. The number of fused-ring (bicyclic) bond motifs is 1. The second kappa shape index (κ2) is 9.75. The SMILES string of the molecule is COC(=O)C1=C(C)N=C2SC=C(CC(=O)NC[C@H]3CCCO3)N2[C@@H]1c1ccc([N+](=O)[O-])cc1. The van der Waals surface area contributed by atoms with E-state index in [9.17, 15) is 19.7 Å². The van der Waals surface area contributed by atoms with E-state index < -0.39 is 16.9 Å². The van der Waals surface area contributed by atoms with Gasteiger partial charge < -0.3 is 19.7 Å². The van der Waals surface area contributed by atoms with Gasteiger partial charge in [0.1, 0.15) is 0 Å². The molecule has 1 N–H and O–H groups in total. The summed E-state index contributed by atoms with van der Waals surface area (Å²) in [7, 11) is 1.29. The molecule has 10 nitrogen and oxygen atoms in total. The van der Waals surface area contributed by atoms with Gasteiger partial charge in [-0.15, -0.1) is 0 Å². The Morgan fingerprint density at radius 2 is 2.12 bits per heavy atom. The van der Waals surface area contributed by atoms with Crippen LogP contribution < -0.4 is 5.32 Å². The van der Waals surface area contributed by atoms with Crippen LogP contribution >= 0.6 is 11.8 Å². The van der Waals surface area contributed by atoms with Gasteiger partial charge in [0, 0.05) is 31.0 Å². The summed E-state index contributed by atoms with van der Waals surface area (Å²) in [4.78, 5) is 42.4. The van der Waals surface area contributed by atoms with E-state index >= 15 is 0 Å². The average Bonchev–Trinajstić information content (AvgIpc) is 3.46. The van der Waals surface area contributed by atoms with Gasteiger partial charge in [-0.3, -0.25) is 14.9 Å². The number of carbonyl (C=O) groups is 2. The summed E-state index contributed by atoms with van der Waals surface area (Å²) >= 11 is 1.37. The number of benzene rings is 1. The lowest BCUT2D eigenvalue weighted by Gasteiger charge is -2.36. The Morgan fingerprint density at radius 1 is 1.36 bits per heavy atom. The number of hydrogen-bond donors (Lipinski definition) is 1. The van der Waals surface area contributed by atoms with E-state index in [1.165, 1.54) is 31.0 Å². The van der Waals surface area contributed by atoms with Crippen molar-refractivity contribution < 1.29 is 24.0 Å². The summed E-state index contributed by atoms with van der Waals surface area (Å²) in [5.74, 6) is -0.704. The zero-order valence-electron chi connectivity index (χ0n) is 18.3. The van der Waals surface area contributed by atoms with E-state index in [0.717, 1.165) is 19.4 Å². The number of esters is 1. The highest BCUT2D eigenvalue weighted by Gasteiger charge is 2.41. The topological polar surface area (TPSA) is 123 Å². The number of aliphatic imine (C=N–C) groups is 1. The minimum atomic E-state index is -0.627. The molecule has 0 aliphatic carbocycles. The molecule has 3 aliphatic heterocycles. The van der Waals surface area contributed by atoms with Gasteiger partial charge in [0.15, 0.2) is 5.17 Å². The molecular weight excluding hydrogens is 448 g/mol. The number of nitro benzene ring substituents is 1. The highest BCUT2D eigenvalue weighted by Crippen LogP contribution is 2.45. The smallest absolute Gasteiger partial charge is 0.338 e. The van der Waals surface area contributed by atoms with Crippen LogP contribution in [-0.2, 0) is 19.1 Å². The molecule has 174 valence electrons. The minimum absolute atomic E-state index is 0.0392. The molecular formula is C22H24N4O6S. The van der Waals surface area contributed by atoms with E-state index in [4.69, 9.17) is 9.47 Å². The molecule has 1 aromatic rings. The Labute approximate surface area is 194 Å². The molecule has 2 atom stereocenters. The maximum atomic E-state index is 12.7. The molecule has 33 heavy (non-hydrogen) atoms. The van der Waals surface area contributed by atoms with Crippen molar-refractivity contribution in [3.8, 4) is 0 Å². The van der Waals surface area contributed by atoms with E-state index in [1.807, 2.05) is 10.3 Å². The maximum absolute atomic E-state index is 12.7. The fourth-order valence-corrected chi connectivity index (χ4v) is 5.06. The summed E-state index contributed by atoms with van der Waals surface area (Å²) in [6.07, 6.45) is 2.05. The first-order chi connectivity index (χ1) is 15.9. The number of rotatable bonds is 7. The van der Waals surface area contributed by atoms with Crippen LogP contribution in [-0.4, -0.2) is 53.2 Å². The molecule has 3 heterocycles. The van der Waals surface area contributed by atoms with Gasteiger partial charge in [-0.25, -0.2) is 9.79 Å². The highest BCUT2D eigenvalue weighted by atomic mass is 32.2. The van der Waals surface area contributed by atoms with Crippen molar-refractivity contribution in [3.05, 3.63) is 62.3 Å². The zero-order valence-corrected chi connectivity index (χ0v) is 19.1. The van der Waals surface area contributed by atoms with E-state index in [1.54, 1.807) is 19.1 Å². The lowest BCUT2D eigenvalue weighted by atomic mass is 9.93. The van der Waals surface area contributed by atoms with Crippen LogP contribution in [0.15, 0.2) is 51.6 Å². The number of amidine groups is 1. The molecule has 0 aromatic heterocycles. The van der Waals surface area contributed by atoms with Crippen LogP contribution in [0.5, 0.6) is 0 Å². The number of nitrogens with one attached hydrogen (secondary N) is 1. The molecule has 0 spiro atoms. The Kier molecular flexibility index (Phi) is 6.80. The fraction of sp³-hybridized carbons (Fsp3) is 0.409. The molecule has 0 saturated carbocycles. The third-order valence-corrected chi connectivity index (χ3v) is 6.61. The molecule has 11 heteroatoms. The van der Waals surface area contributed by atoms with Gasteiger partial charge >= 0.3 is 5.97 Å². The number of allylic oxidation sites excluding steroid dienone is 1.